The molecule has 3 aromatic rings. The van der Waals surface area contributed by atoms with Gasteiger partial charge >= 0.3 is 0 Å². The number of rotatable bonds is 3. The van der Waals surface area contributed by atoms with Gasteiger partial charge in [0.15, 0.2) is 0 Å². The first kappa shape index (κ1) is 14.0. The maximum absolute atomic E-state index is 9.85. The zero-order chi connectivity index (χ0) is 15.8. The van der Waals surface area contributed by atoms with Crippen molar-refractivity contribution in [3.8, 4) is 17.0 Å². The lowest BCUT2D eigenvalue weighted by molar-refractivity contribution is 0.0743. The average molecular weight is 312 g/mol. The summed E-state index contributed by atoms with van der Waals surface area (Å²) in [4.78, 5) is 4.37. The molecule has 2 atom stereocenters. The van der Waals surface area contributed by atoms with E-state index in [2.05, 4.69) is 15.2 Å². The summed E-state index contributed by atoms with van der Waals surface area (Å²) in [6.07, 6.45) is 0.665. The molecule has 1 aliphatic rings. The van der Waals surface area contributed by atoms with Crippen LogP contribution in [0.25, 0.3) is 22.2 Å². The van der Waals surface area contributed by atoms with Gasteiger partial charge in [0.25, 0.3) is 0 Å². The van der Waals surface area contributed by atoms with Crippen LogP contribution in [0.1, 0.15) is 0 Å². The van der Waals surface area contributed by atoms with Crippen LogP contribution in [0.2, 0.25) is 0 Å². The number of hydrogen-bond acceptors (Lipinski definition) is 6. The van der Waals surface area contributed by atoms with Crippen LogP contribution >= 0.6 is 0 Å². The van der Waals surface area contributed by atoms with Crippen LogP contribution in [-0.2, 0) is 4.74 Å². The maximum atomic E-state index is 9.85. The minimum absolute atomic E-state index is 0.285. The van der Waals surface area contributed by atoms with Crippen molar-refractivity contribution in [2.75, 3.05) is 18.9 Å². The number of aliphatic hydroxyl groups excluding tert-OH is 1. The maximum Gasteiger partial charge on any atom is 0.150 e. The Hall–Kier alpha value is -2.64. The highest BCUT2D eigenvalue weighted by molar-refractivity contribution is 5.90. The number of nitrogens with one attached hydrogen (secondary N) is 1. The second-order valence-electron chi connectivity index (χ2n) is 5.51. The van der Waals surface area contributed by atoms with E-state index >= 15 is 0 Å². The van der Waals surface area contributed by atoms with E-state index in [9.17, 15) is 5.11 Å². The molecule has 0 amide bonds. The Kier molecular flexibility index (Phi) is 3.36. The Labute approximate surface area is 132 Å². The molecule has 4 rings (SSSR count). The molecular formula is C16H16N4O3. The molecule has 1 saturated heterocycles. The van der Waals surface area contributed by atoms with Crippen LogP contribution in [0, 0.1) is 0 Å². The predicted molar refractivity (Wildman–Crippen MR) is 85.0 cm³/mol. The SMILES string of the molecule is Nc1cc(O[C@H]2COC[C@H]2O)c2ccc(-c3ccn[nH]3)cc2n1. The smallest absolute Gasteiger partial charge is 0.150 e. The third-order valence-corrected chi connectivity index (χ3v) is 3.88. The van der Waals surface area contributed by atoms with Crippen molar-refractivity contribution in [2.45, 2.75) is 12.2 Å². The summed E-state index contributed by atoms with van der Waals surface area (Å²) in [5, 5.41) is 17.6. The van der Waals surface area contributed by atoms with Crippen LogP contribution in [0.5, 0.6) is 5.75 Å². The largest absolute Gasteiger partial charge is 0.484 e. The molecule has 2 aromatic heterocycles. The molecule has 0 bridgehead atoms. The summed E-state index contributed by atoms with van der Waals surface area (Å²) in [5.41, 5.74) is 8.48. The van der Waals surface area contributed by atoms with Gasteiger partial charge in [-0.1, -0.05) is 6.07 Å². The number of nitrogen functional groups attached to an aromatic ring is 1. The minimum Gasteiger partial charge on any atom is -0.484 e. The normalized spacial score (nSPS) is 20.9. The number of fused-ring (bicyclic) bond motifs is 1. The average Bonchev–Trinajstić information content (AvgIpc) is 3.19. The zero-order valence-corrected chi connectivity index (χ0v) is 12.3. The van der Waals surface area contributed by atoms with Crippen molar-refractivity contribution in [1.82, 2.24) is 15.2 Å². The highest BCUT2D eigenvalue weighted by Crippen LogP contribution is 2.31. The fourth-order valence-corrected chi connectivity index (χ4v) is 2.70. The molecule has 1 fully saturated rings. The first-order valence-electron chi connectivity index (χ1n) is 7.33. The fraction of sp³-hybridized carbons (Fsp3) is 0.250. The van der Waals surface area contributed by atoms with Gasteiger partial charge in [-0.25, -0.2) is 4.98 Å². The Balaban J connectivity index is 1.76. The molecule has 0 saturated carbocycles. The molecule has 7 heteroatoms. The van der Waals surface area contributed by atoms with Crippen molar-refractivity contribution in [1.29, 1.82) is 0 Å². The van der Waals surface area contributed by atoms with E-state index in [0.717, 1.165) is 22.2 Å². The molecule has 4 N–H and O–H groups in total. The minimum atomic E-state index is -0.635. The highest BCUT2D eigenvalue weighted by Gasteiger charge is 2.28. The van der Waals surface area contributed by atoms with Gasteiger partial charge in [0.1, 0.15) is 23.8 Å². The van der Waals surface area contributed by atoms with E-state index in [1.807, 2.05) is 24.3 Å². The molecule has 0 radical (unpaired) electrons. The van der Waals surface area contributed by atoms with Crippen molar-refractivity contribution in [3.05, 3.63) is 36.5 Å². The highest BCUT2D eigenvalue weighted by atomic mass is 16.6. The van der Waals surface area contributed by atoms with Gasteiger partial charge in [0.2, 0.25) is 0 Å². The Morgan fingerprint density at radius 1 is 1.26 bits per heavy atom. The number of pyridine rings is 1. The standard InChI is InChI=1S/C16H16N4O3/c17-16-6-14(23-15-8-22-7-13(15)21)10-2-1-9(5-12(10)19-16)11-3-4-18-20-11/h1-6,13,15,21H,7-8H2,(H2,17,19)(H,18,20)/t13-,15+/m1/s1. The van der Waals surface area contributed by atoms with Crippen molar-refractivity contribution >= 4 is 16.7 Å². The van der Waals surface area contributed by atoms with E-state index in [0.29, 0.717) is 18.2 Å². The summed E-state index contributed by atoms with van der Waals surface area (Å²) in [7, 11) is 0. The van der Waals surface area contributed by atoms with Gasteiger partial charge in [0, 0.05) is 23.2 Å². The van der Waals surface area contributed by atoms with E-state index in [4.69, 9.17) is 15.2 Å². The number of nitrogens with zero attached hydrogens (tertiary/aromatic N) is 2. The van der Waals surface area contributed by atoms with Crippen LogP contribution in [0.4, 0.5) is 5.82 Å². The number of benzene rings is 1. The third kappa shape index (κ3) is 2.60. The number of aliphatic hydroxyl groups is 1. The molecular weight excluding hydrogens is 296 g/mol. The van der Waals surface area contributed by atoms with Crippen LogP contribution in [-0.4, -0.2) is 45.7 Å². The molecule has 0 unspecified atom stereocenters. The van der Waals surface area contributed by atoms with Gasteiger partial charge in [-0.05, 0) is 18.2 Å². The van der Waals surface area contributed by atoms with E-state index in [1.165, 1.54) is 0 Å². The van der Waals surface area contributed by atoms with Gasteiger partial charge in [0.05, 0.1) is 24.4 Å². The summed E-state index contributed by atoms with van der Waals surface area (Å²) in [6, 6.07) is 9.37. The predicted octanol–water partition coefficient (Wildman–Crippen LogP) is 1.35. The second kappa shape index (κ2) is 5.53. The first-order valence-corrected chi connectivity index (χ1v) is 7.33. The Bertz CT molecular complexity index is 835. The van der Waals surface area contributed by atoms with Gasteiger partial charge in [-0.15, -0.1) is 0 Å². The Morgan fingerprint density at radius 2 is 2.17 bits per heavy atom. The molecule has 118 valence electrons. The summed E-state index contributed by atoms with van der Waals surface area (Å²) in [5.74, 6) is 0.959. The quantitative estimate of drug-likeness (QED) is 0.674. The first-order chi connectivity index (χ1) is 11.2. The lowest BCUT2D eigenvalue weighted by Crippen LogP contribution is -2.29. The van der Waals surface area contributed by atoms with Crippen LogP contribution in [0.3, 0.4) is 0 Å². The number of aromatic amines is 1. The molecule has 23 heavy (non-hydrogen) atoms. The monoisotopic (exact) mass is 312 g/mol. The topological polar surface area (TPSA) is 106 Å². The van der Waals surface area contributed by atoms with Crippen molar-refractivity contribution < 1.29 is 14.6 Å². The number of hydrogen-bond donors (Lipinski definition) is 3. The van der Waals surface area contributed by atoms with Gasteiger partial charge in [-0.3, -0.25) is 5.10 Å². The molecule has 1 aliphatic heterocycles. The van der Waals surface area contributed by atoms with E-state index in [1.54, 1.807) is 12.3 Å². The third-order valence-electron chi connectivity index (χ3n) is 3.88. The number of aromatic nitrogens is 3. The molecule has 0 aliphatic carbocycles. The van der Waals surface area contributed by atoms with E-state index in [-0.39, 0.29) is 6.61 Å². The summed E-state index contributed by atoms with van der Waals surface area (Å²) >= 11 is 0. The number of nitrogens with two attached hydrogens (primary N) is 1. The second-order valence-corrected chi connectivity index (χ2v) is 5.51. The van der Waals surface area contributed by atoms with Crippen LogP contribution in [0.15, 0.2) is 36.5 Å². The summed E-state index contributed by atoms with van der Waals surface area (Å²) in [6.45, 7) is 0.643. The van der Waals surface area contributed by atoms with Gasteiger partial charge < -0.3 is 20.3 Å². The molecule has 7 nitrogen and oxygen atoms in total. The fourth-order valence-electron chi connectivity index (χ4n) is 2.70. The lowest BCUT2D eigenvalue weighted by Gasteiger charge is -2.17. The zero-order valence-electron chi connectivity index (χ0n) is 12.3. The van der Waals surface area contributed by atoms with Crippen molar-refractivity contribution in [2.24, 2.45) is 0 Å². The van der Waals surface area contributed by atoms with E-state index < -0.39 is 12.2 Å². The molecule has 1 aromatic carbocycles. The van der Waals surface area contributed by atoms with Crippen LogP contribution < -0.4 is 10.5 Å². The molecule has 0 spiro atoms. The molecule has 3 heterocycles. The number of anilines is 1. The van der Waals surface area contributed by atoms with Gasteiger partial charge in [-0.2, -0.15) is 5.10 Å². The Morgan fingerprint density at radius 3 is 2.91 bits per heavy atom. The summed E-state index contributed by atoms with van der Waals surface area (Å²) < 4.78 is 11.1. The lowest BCUT2D eigenvalue weighted by atomic mass is 10.1. The number of H-pyrrole nitrogens is 1. The van der Waals surface area contributed by atoms with Crippen molar-refractivity contribution in [3.63, 3.8) is 0 Å². The number of ether oxygens (including phenoxy) is 2.